The lowest BCUT2D eigenvalue weighted by molar-refractivity contribution is -0.138. The molecule has 1 atom stereocenters. The Kier molecular flexibility index (Phi) is 10.9. The van der Waals surface area contributed by atoms with Gasteiger partial charge in [0.15, 0.2) is 0 Å². The molecular weight excluding hydrogens is 538 g/mol. The van der Waals surface area contributed by atoms with Crippen LogP contribution in [0.4, 0.5) is 5.69 Å². The molecular formula is C32H41N3O5S. The normalized spacial score (nSPS) is 12.1. The van der Waals surface area contributed by atoms with Gasteiger partial charge in [-0.25, -0.2) is 8.42 Å². The maximum absolute atomic E-state index is 14.1. The summed E-state index contributed by atoms with van der Waals surface area (Å²) in [5, 5.41) is 2.90. The first-order chi connectivity index (χ1) is 19.4. The number of ether oxygens (including phenoxy) is 1. The molecule has 9 heteroatoms. The van der Waals surface area contributed by atoms with E-state index >= 15 is 0 Å². The van der Waals surface area contributed by atoms with Crippen LogP contribution in [0.15, 0.2) is 77.7 Å². The SMILES string of the molecule is COc1ccc(C)cc1N(CC(=O)N(CCc1ccccc1)[C@H](C)C(=O)NCC(C)C)S(=O)(=O)c1ccc(C)cc1. The highest BCUT2D eigenvalue weighted by Gasteiger charge is 2.33. The number of methoxy groups -OCH3 is 1. The number of sulfonamides is 1. The fourth-order valence-corrected chi connectivity index (χ4v) is 5.78. The molecule has 0 radical (unpaired) electrons. The van der Waals surface area contributed by atoms with E-state index in [1.807, 2.05) is 64.1 Å². The summed E-state index contributed by atoms with van der Waals surface area (Å²) in [4.78, 5) is 28.7. The van der Waals surface area contributed by atoms with Crippen molar-refractivity contribution in [2.45, 2.75) is 52.0 Å². The lowest BCUT2D eigenvalue weighted by atomic mass is 10.1. The number of nitrogens with one attached hydrogen (secondary N) is 1. The van der Waals surface area contributed by atoms with Gasteiger partial charge in [-0.05, 0) is 68.5 Å². The number of carbonyl (C=O) groups excluding carboxylic acids is 2. The van der Waals surface area contributed by atoms with Gasteiger partial charge in [-0.1, -0.05) is 67.9 Å². The largest absolute Gasteiger partial charge is 0.495 e. The topological polar surface area (TPSA) is 96.0 Å². The van der Waals surface area contributed by atoms with Crippen LogP contribution in [0.5, 0.6) is 5.75 Å². The van der Waals surface area contributed by atoms with E-state index < -0.39 is 28.5 Å². The Labute approximate surface area is 244 Å². The van der Waals surface area contributed by atoms with Crippen molar-refractivity contribution in [3.63, 3.8) is 0 Å². The third-order valence-corrected chi connectivity index (χ3v) is 8.60. The van der Waals surface area contributed by atoms with E-state index in [0.29, 0.717) is 18.7 Å². The van der Waals surface area contributed by atoms with Gasteiger partial charge in [0.25, 0.3) is 10.0 Å². The molecule has 8 nitrogen and oxygen atoms in total. The molecule has 0 saturated carbocycles. The molecule has 0 saturated heterocycles. The number of rotatable bonds is 13. The summed E-state index contributed by atoms with van der Waals surface area (Å²) in [7, 11) is -2.72. The van der Waals surface area contributed by atoms with Crippen molar-refractivity contribution in [2.75, 3.05) is 31.0 Å². The van der Waals surface area contributed by atoms with Crippen LogP contribution in [0.2, 0.25) is 0 Å². The number of anilines is 1. The van der Waals surface area contributed by atoms with Crippen molar-refractivity contribution >= 4 is 27.5 Å². The van der Waals surface area contributed by atoms with Crippen molar-refractivity contribution in [2.24, 2.45) is 5.92 Å². The zero-order chi connectivity index (χ0) is 30.2. The molecule has 0 spiro atoms. The van der Waals surface area contributed by atoms with Gasteiger partial charge in [-0.3, -0.25) is 13.9 Å². The monoisotopic (exact) mass is 579 g/mol. The minimum absolute atomic E-state index is 0.0537. The minimum atomic E-state index is -4.18. The van der Waals surface area contributed by atoms with Gasteiger partial charge in [-0.2, -0.15) is 0 Å². The van der Waals surface area contributed by atoms with Gasteiger partial charge in [0.1, 0.15) is 18.3 Å². The van der Waals surface area contributed by atoms with E-state index in [1.54, 1.807) is 31.2 Å². The predicted octanol–water partition coefficient (Wildman–Crippen LogP) is 4.74. The van der Waals surface area contributed by atoms with Crippen molar-refractivity contribution in [1.29, 1.82) is 0 Å². The van der Waals surface area contributed by atoms with Crippen LogP contribution in [0.1, 0.15) is 37.5 Å². The third-order valence-electron chi connectivity index (χ3n) is 6.83. The minimum Gasteiger partial charge on any atom is -0.495 e. The van der Waals surface area contributed by atoms with Crippen molar-refractivity contribution in [3.8, 4) is 5.75 Å². The summed E-state index contributed by atoms with van der Waals surface area (Å²) in [6.07, 6.45) is 0.507. The Hall–Kier alpha value is -3.85. The zero-order valence-electron chi connectivity index (χ0n) is 24.8. The van der Waals surface area contributed by atoms with E-state index in [0.717, 1.165) is 21.0 Å². The van der Waals surface area contributed by atoms with E-state index in [-0.39, 0.29) is 29.0 Å². The highest BCUT2D eigenvalue weighted by molar-refractivity contribution is 7.92. The van der Waals surface area contributed by atoms with Gasteiger partial charge in [-0.15, -0.1) is 0 Å². The quantitative estimate of drug-likeness (QED) is 0.316. The number of nitrogens with zero attached hydrogens (tertiary/aromatic N) is 2. The molecule has 0 heterocycles. The van der Waals surface area contributed by atoms with Gasteiger partial charge in [0.05, 0.1) is 17.7 Å². The Morgan fingerprint density at radius 2 is 1.54 bits per heavy atom. The molecule has 0 unspecified atom stereocenters. The average Bonchev–Trinajstić information content (AvgIpc) is 2.95. The standard InChI is InChI=1S/C32H41N3O5S/c1-23(2)21-33-32(37)26(5)34(19-18-27-10-8-7-9-11-27)31(36)22-35(29-20-25(4)14-17-30(29)40-6)41(38,39)28-15-12-24(3)13-16-28/h7-17,20,23,26H,18-19,21-22H2,1-6H3,(H,33,37)/t26-/m1/s1. The average molecular weight is 580 g/mol. The molecule has 1 N–H and O–H groups in total. The summed E-state index contributed by atoms with van der Waals surface area (Å²) in [5.41, 5.74) is 2.97. The van der Waals surface area contributed by atoms with Gasteiger partial charge in [0.2, 0.25) is 11.8 Å². The fraction of sp³-hybridized carbons (Fsp3) is 0.375. The lowest BCUT2D eigenvalue weighted by Crippen LogP contribution is -2.52. The summed E-state index contributed by atoms with van der Waals surface area (Å²) < 4.78 is 34.7. The first-order valence-corrected chi connectivity index (χ1v) is 15.2. The summed E-state index contributed by atoms with van der Waals surface area (Å²) in [6.45, 7) is 9.57. The molecule has 220 valence electrons. The fourth-order valence-electron chi connectivity index (χ4n) is 4.37. The number of hydrogen-bond donors (Lipinski definition) is 1. The second kappa shape index (κ2) is 14.2. The Morgan fingerprint density at radius 1 is 0.902 bits per heavy atom. The number of amides is 2. The van der Waals surface area contributed by atoms with Gasteiger partial charge >= 0.3 is 0 Å². The van der Waals surface area contributed by atoms with Crippen molar-refractivity contribution in [3.05, 3.63) is 89.5 Å². The second-order valence-electron chi connectivity index (χ2n) is 10.6. The zero-order valence-corrected chi connectivity index (χ0v) is 25.6. The molecule has 0 aromatic heterocycles. The maximum atomic E-state index is 14.1. The predicted molar refractivity (Wildman–Crippen MR) is 163 cm³/mol. The smallest absolute Gasteiger partial charge is 0.264 e. The van der Waals surface area contributed by atoms with Crippen LogP contribution < -0.4 is 14.4 Å². The molecule has 0 aliphatic carbocycles. The molecule has 41 heavy (non-hydrogen) atoms. The third kappa shape index (κ3) is 8.33. The Morgan fingerprint density at radius 3 is 2.15 bits per heavy atom. The van der Waals surface area contributed by atoms with E-state index in [4.69, 9.17) is 4.74 Å². The number of carbonyl (C=O) groups is 2. The van der Waals surface area contributed by atoms with Gasteiger partial charge in [0, 0.05) is 13.1 Å². The van der Waals surface area contributed by atoms with Crippen LogP contribution >= 0.6 is 0 Å². The van der Waals surface area contributed by atoms with Crippen LogP contribution in [0.3, 0.4) is 0 Å². The first-order valence-electron chi connectivity index (χ1n) is 13.8. The lowest BCUT2D eigenvalue weighted by Gasteiger charge is -2.32. The van der Waals surface area contributed by atoms with Gasteiger partial charge < -0.3 is 15.0 Å². The maximum Gasteiger partial charge on any atom is 0.264 e. The van der Waals surface area contributed by atoms with E-state index in [1.165, 1.54) is 24.1 Å². The summed E-state index contributed by atoms with van der Waals surface area (Å²) in [5.74, 6) is -0.227. The summed E-state index contributed by atoms with van der Waals surface area (Å²) in [6, 6.07) is 20.5. The Bertz CT molecular complexity index is 1420. The number of benzene rings is 3. The molecule has 3 rings (SSSR count). The first kappa shape index (κ1) is 31.7. The van der Waals surface area contributed by atoms with Crippen molar-refractivity contribution < 1.29 is 22.7 Å². The highest BCUT2D eigenvalue weighted by Crippen LogP contribution is 2.33. The van der Waals surface area contributed by atoms with E-state index in [9.17, 15) is 18.0 Å². The second-order valence-corrected chi connectivity index (χ2v) is 12.5. The molecule has 0 aliphatic rings. The van der Waals surface area contributed by atoms with Crippen LogP contribution in [-0.4, -0.2) is 57.9 Å². The number of hydrogen-bond acceptors (Lipinski definition) is 5. The van der Waals surface area contributed by atoms with Crippen molar-refractivity contribution in [1.82, 2.24) is 10.2 Å². The van der Waals surface area contributed by atoms with Crippen LogP contribution in [-0.2, 0) is 26.0 Å². The van der Waals surface area contributed by atoms with Crippen LogP contribution in [0.25, 0.3) is 0 Å². The number of aryl methyl sites for hydroxylation is 2. The molecule has 3 aromatic rings. The molecule has 0 aliphatic heterocycles. The van der Waals surface area contributed by atoms with E-state index in [2.05, 4.69) is 5.32 Å². The van der Waals surface area contributed by atoms with Crippen LogP contribution in [0, 0.1) is 19.8 Å². The highest BCUT2D eigenvalue weighted by atomic mass is 32.2. The molecule has 3 aromatic carbocycles. The molecule has 2 amide bonds. The Balaban J connectivity index is 2.03. The molecule has 0 bridgehead atoms. The molecule has 0 fully saturated rings. The summed E-state index contributed by atoms with van der Waals surface area (Å²) >= 11 is 0.